The quantitative estimate of drug-likeness (QED) is 0.604. The molecule has 2 amide bonds. The van der Waals surface area contributed by atoms with Gasteiger partial charge < -0.3 is 15.3 Å². The summed E-state index contributed by atoms with van der Waals surface area (Å²) in [5.41, 5.74) is 0.166. The third kappa shape index (κ3) is 5.58. The minimum Gasteiger partial charge on any atom is -0.382 e. The van der Waals surface area contributed by atoms with Crippen LogP contribution in [0.25, 0.3) is 0 Å². The van der Waals surface area contributed by atoms with Gasteiger partial charge in [0.25, 0.3) is 11.8 Å². The number of aliphatic hydroxyl groups excluding tert-OH is 1. The maximum absolute atomic E-state index is 13.1. The third-order valence-electron chi connectivity index (χ3n) is 6.56. The van der Waals surface area contributed by atoms with E-state index in [1.165, 1.54) is 17.0 Å². The highest BCUT2D eigenvalue weighted by molar-refractivity contribution is 6.34. The molecule has 2 heterocycles. The fourth-order valence-electron chi connectivity index (χ4n) is 4.72. The van der Waals surface area contributed by atoms with Gasteiger partial charge in [-0.05, 0) is 48.6 Å². The number of likely N-dealkylation sites (tertiary alicyclic amines) is 2. The van der Waals surface area contributed by atoms with Crippen molar-refractivity contribution in [2.45, 2.75) is 19.2 Å². The smallest absolute Gasteiger partial charge is 0.382 e. The lowest BCUT2D eigenvalue weighted by atomic mass is 10.0. The number of alkyl halides is 3. The zero-order valence-electron chi connectivity index (χ0n) is 18.8. The number of halogens is 5. The van der Waals surface area contributed by atoms with Gasteiger partial charge in [-0.1, -0.05) is 35.3 Å². The highest BCUT2D eigenvalue weighted by Gasteiger charge is 2.43. The molecule has 6 nitrogen and oxygen atoms in total. The summed E-state index contributed by atoms with van der Waals surface area (Å²) in [7, 11) is 0. The van der Waals surface area contributed by atoms with Gasteiger partial charge in [-0.3, -0.25) is 14.5 Å². The molecule has 35 heavy (non-hydrogen) atoms. The Bertz CT molecular complexity index is 1130. The maximum Gasteiger partial charge on any atom is 0.417 e. The van der Waals surface area contributed by atoms with Crippen LogP contribution >= 0.6 is 23.2 Å². The summed E-state index contributed by atoms with van der Waals surface area (Å²) in [4.78, 5) is 28.8. The molecular formula is C24H24Cl2F3N3O3. The second-order valence-electron chi connectivity index (χ2n) is 9.08. The number of amides is 2. The largest absolute Gasteiger partial charge is 0.417 e. The van der Waals surface area contributed by atoms with Gasteiger partial charge in [-0.25, -0.2) is 0 Å². The molecule has 3 unspecified atom stereocenters. The SMILES string of the molecule is Cc1ccc(NC(=O)C(O)CN2CC3CN(C(=O)c4cccc(C(F)(F)F)c4Cl)CC3C2)cc1Cl. The Kier molecular flexibility index (Phi) is 7.33. The molecular weight excluding hydrogens is 506 g/mol. The van der Waals surface area contributed by atoms with Crippen molar-refractivity contribution in [2.24, 2.45) is 11.8 Å². The van der Waals surface area contributed by atoms with Gasteiger partial charge in [0, 0.05) is 43.4 Å². The standard InChI is InChI=1S/C24H24Cl2F3N3O3/c1-13-5-6-16(7-19(13)25)30-22(34)20(33)12-31-8-14-10-32(11-15(14)9-31)23(35)17-3-2-4-18(21(17)26)24(27,28)29/h2-7,14-15,20,33H,8-12H2,1H3,(H,30,34). The monoisotopic (exact) mass is 529 g/mol. The van der Waals surface area contributed by atoms with Crippen LogP contribution in [0.4, 0.5) is 18.9 Å². The zero-order valence-corrected chi connectivity index (χ0v) is 20.3. The molecule has 2 aromatic carbocycles. The van der Waals surface area contributed by atoms with E-state index in [1.807, 2.05) is 11.8 Å². The van der Waals surface area contributed by atoms with E-state index in [9.17, 15) is 27.9 Å². The Hall–Kier alpha value is -2.33. The van der Waals surface area contributed by atoms with Gasteiger partial charge in [0.05, 0.1) is 16.1 Å². The van der Waals surface area contributed by atoms with Gasteiger partial charge in [-0.15, -0.1) is 0 Å². The van der Waals surface area contributed by atoms with Crippen LogP contribution in [0.5, 0.6) is 0 Å². The van der Waals surface area contributed by atoms with Crippen molar-refractivity contribution in [1.82, 2.24) is 9.80 Å². The average Bonchev–Trinajstić information content (AvgIpc) is 3.34. The molecule has 4 rings (SSSR count). The van der Waals surface area contributed by atoms with Crippen LogP contribution in [0, 0.1) is 18.8 Å². The van der Waals surface area contributed by atoms with Crippen molar-refractivity contribution in [3.63, 3.8) is 0 Å². The summed E-state index contributed by atoms with van der Waals surface area (Å²) in [6.45, 7) is 3.84. The summed E-state index contributed by atoms with van der Waals surface area (Å²) >= 11 is 12.0. The summed E-state index contributed by atoms with van der Waals surface area (Å²) in [5, 5.41) is 12.9. The van der Waals surface area contributed by atoms with Crippen LogP contribution in [0.2, 0.25) is 10.0 Å². The van der Waals surface area contributed by atoms with E-state index in [4.69, 9.17) is 23.2 Å². The van der Waals surface area contributed by atoms with E-state index < -0.39 is 34.7 Å². The van der Waals surface area contributed by atoms with Gasteiger partial charge in [0.1, 0.15) is 6.10 Å². The summed E-state index contributed by atoms with van der Waals surface area (Å²) in [6, 6.07) is 8.42. The number of rotatable bonds is 5. The van der Waals surface area contributed by atoms with Crippen molar-refractivity contribution in [3.8, 4) is 0 Å². The number of fused-ring (bicyclic) bond motifs is 1. The average molecular weight is 530 g/mol. The Morgan fingerprint density at radius 1 is 1.11 bits per heavy atom. The highest BCUT2D eigenvalue weighted by Crippen LogP contribution is 2.38. The normalized spacial score (nSPS) is 21.2. The van der Waals surface area contributed by atoms with Crippen LogP contribution in [0.3, 0.4) is 0 Å². The van der Waals surface area contributed by atoms with E-state index in [0.717, 1.165) is 11.6 Å². The molecule has 0 bridgehead atoms. The zero-order chi connectivity index (χ0) is 25.5. The van der Waals surface area contributed by atoms with Crippen LogP contribution in [-0.4, -0.2) is 65.5 Å². The van der Waals surface area contributed by atoms with Crippen molar-refractivity contribution in [3.05, 3.63) is 63.1 Å². The molecule has 2 N–H and O–H groups in total. The number of nitrogens with one attached hydrogen (secondary N) is 1. The van der Waals surface area contributed by atoms with Crippen molar-refractivity contribution in [1.29, 1.82) is 0 Å². The number of benzene rings is 2. The number of carbonyl (C=O) groups is 2. The fourth-order valence-corrected chi connectivity index (χ4v) is 5.21. The molecule has 2 aromatic rings. The Balaban J connectivity index is 1.32. The van der Waals surface area contributed by atoms with E-state index in [0.29, 0.717) is 36.9 Å². The summed E-state index contributed by atoms with van der Waals surface area (Å²) in [5.74, 6) is -0.888. The topological polar surface area (TPSA) is 72.9 Å². The number of nitrogens with zero attached hydrogens (tertiary/aromatic N) is 2. The molecule has 0 spiro atoms. The molecule has 2 saturated heterocycles. The first-order chi connectivity index (χ1) is 16.4. The number of aryl methyl sites for hydroxylation is 1. The maximum atomic E-state index is 13.1. The van der Waals surface area contributed by atoms with E-state index >= 15 is 0 Å². The predicted molar refractivity (Wildman–Crippen MR) is 127 cm³/mol. The second-order valence-corrected chi connectivity index (χ2v) is 9.87. The number of carbonyl (C=O) groups excluding carboxylic acids is 2. The fraction of sp³-hybridized carbons (Fsp3) is 0.417. The molecule has 0 saturated carbocycles. The third-order valence-corrected chi connectivity index (χ3v) is 7.37. The summed E-state index contributed by atoms with van der Waals surface area (Å²) in [6.07, 6.45) is -5.90. The Morgan fingerprint density at radius 2 is 1.77 bits per heavy atom. The van der Waals surface area contributed by atoms with E-state index in [2.05, 4.69) is 5.32 Å². The highest BCUT2D eigenvalue weighted by atomic mass is 35.5. The van der Waals surface area contributed by atoms with Crippen molar-refractivity contribution < 1.29 is 27.9 Å². The number of anilines is 1. The van der Waals surface area contributed by atoms with Crippen LogP contribution in [-0.2, 0) is 11.0 Å². The van der Waals surface area contributed by atoms with Crippen LogP contribution in [0.1, 0.15) is 21.5 Å². The molecule has 11 heteroatoms. The van der Waals surface area contributed by atoms with Crippen molar-refractivity contribution >= 4 is 40.7 Å². The van der Waals surface area contributed by atoms with Gasteiger partial charge in [-0.2, -0.15) is 13.2 Å². The lowest BCUT2D eigenvalue weighted by Gasteiger charge is -2.24. The number of β-amino-alcohol motifs (C(OH)–C–C–N with tert-alkyl or cyclic N) is 1. The van der Waals surface area contributed by atoms with Crippen molar-refractivity contribution in [2.75, 3.05) is 38.0 Å². The van der Waals surface area contributed by atoms with Gasteiger partial charge in [0.15, 0.2) is 0 Å². The molecule has 2 aliphatic heterocycles. The van der Waals surface area contributed by atoms with Gasteiger partial charge in [0.2, 0.25) is 0 Å². The molecule has 2 fully saturated rings. The first-order valence-electron chi connectivity index (χ1n) is 11.1. The number of aliphatic hydroxyl groups is 1. The van der Waals surface area contributed by atoms with Crippen LogP contribution < -0.4 is 5.32 Å². The first-order valence-corrected chi connectivity index (χ1v) is 11.8. The number of hydrogen-bond donors (Lipinski definition) is 2. The van der Waals surface area contributed by atoms with E-state index in [-0.39, 0.29) is 23.9 Å². The first kappa shape index (κ1) is 25.8. The molecule has 3 atom stereocenters. The predicted octanol–water partition coefficient (Wildman–Crippen LogP) is 4.32. The lowest BCUT2D eigenvalue weighted by molar-refractivity contribution is -0.137. The molecule has 0 aliphatic carbocycles. The van der Waals surface area contributed by atoms with Gasteiger partial charge >= 0.3 is 6.18 Å². The number of hydrogen-bond acceptors (Lipinski definition) is 4. The molecule has 0 aromatic heterocycles. The minimum absolute atomic E-state index is 0.0923. The summed E-state index contributed by atoms with van der Waals surface area (Å²) < 4.78 is 39.4. The second kappa shape index (κ2) is 9.97. The lowest BCUT2D eigenvalue weighted by Crippen LogP contribution is -2.40. The Morgan fingerprint density at radius 3 is 2.37 bits per heavy atom. The molecule has 0 radical (unpaired) electrons. The molecule has 2 aliphatic rings. The minimum atomic E-state index is -4.64. The molecule has 188 valence electrons. The Labute approximate surface area is 210 Å². The van der Waals surface area contributed by atoms with Crippen LogP contribution in [0.15, 0.2) is 36.4 Å². The van der Waals surface area contributed by atoms with E-state index in [1.54, 1.807) is 18.2 Å².